The van der Waals surface area contributed by atoms with Gasteiger partial charge in [0.05, 0.1) is 11.8 Å². The molecule has 0 radical (unpaired) electrons. The number of carbonyl (C=O) groups is 1. The summed E-state index contributed by atoms with van der Waals surface area (Å²) in [6.45, 7) is 5.95. The fourth-order valence-electron chi connectivity index (χ4n) is 4.64. The van der Waals surface area contributed by atoms with E-state index in [0.29, 0.717) is 37.5 Å². The molecule has 38 heavy (non-hydrogen) atoms. The Morgan fingerprint density at radius 2 is 1.42 bits per heavy atom. The van der Waals surface area contributed by atoms with Gasteiger partial charge in [-0.3, -0.25) is 9.69 Å². The van der Waals surface area contributed by atoms with Crippen LogP contribution in [0.15, 0.2) is 109 Å². The summed E-state index contributed by atoms with van der Waals surface area (Å²) in [5, 5.41) is 14.1. The third-order valence-electron chi connectivity index (χ3n) is 6.79. The lowest BCUT2D eigenvalue weighted by atomic mass is 9.91. The van der Waals surface area contributed by atoms with Gasteiger partial charge in [-0.15, -0.1) is 0 Å². The highest BCUT2D eigenvalue weighted by Gasteiger charge is 2.29. The fraction of sp³-hybridized carbons (Fsp3) is 0.242. The van der Waals surface area contributed by atoms with Gasteiger partial charge < -0.3 is 15.2 Å². The molecule has 4 rings (SSSR count). The van der Waals surface area contributed by atoms with Crippen LogP contribution in [0.5, 0.6) is 5.75 Å². The Kier molecular flexibility index (Phi) is 9.30. The minimum Gasteiger partial charge on any atom is -0.487 e. The number of benzene rings is 4. The van der Waals surface area contributed by atoms with Crippen molar-refractivity contribution in [1.82, 2.24) is 4.90 Å². The molecule has 0 saturated heterocycles. The summed E-state index contributed by atoms with van der Waals surface area (Å²) in [7, 11) is 0. The molecule has 0 aromatic heterocycles. The monoisotopic (exact) mass is 508 g/mol. The molecule has 0 aliphatic heterocycles. The summed E-state index contributed by atoms with van der Waals surface area (Å²) in [4.78, 5) is 13.7. The molecule has 0 aliphatic rings. The lowest BCUT2D eigenvalue weighted by molar-refractivity contribution is -0.105. The first kappa shape index (κ1) is 27.1. The number of carbonyl (C=O) groups excluding carboxylic acids is 1. The van der Waals surface area contributed by atoms with E-state index < -0.39 is 6.10 Å². The van der Waals surface area contributed by atoms with E-state index in [0.717, 1.165) is 17.5 Å². The van der Waals surface area contributed by atoms with E-state index in [-0.39, 0.29) is 5.54 Å². The van der Waals surface area contributed by atoms with Gasteiger partial charge in [0.1, 0.15) is 12.4 Å². The lowest BCUT2D eigenvalue weighted by Gasteiger charge is -2.40. The normalized spacial score (nSPS) is 12.2. The van der Waals surface area contributed by atoms with Gasteiger partial charge in [-0.1, -0.05) is 97.1 Å². The number of anilines is 1. The van der Waals surface area contributed by atoms with Crippen molar-refractivity contribution in [3.63, 3.8) is 0 Å². The van der Waals surface area contributed by atoms with Crippen LogP contribution in [0.2, 0.25) is 0 Å². The highest BCUT2D eigenvalue weighted by molar-refractivity contribution is 5.76. The van der Waals surface area contributed by atoms with Gasteiger partial charge in [-0.2, -0.15) is 0 Å². The topological polar surface area (TPSA) is 61.8 Å². The van der Waals surface area contributed by atoms with Crippen molar-refractivity contribution < 1.29 is 14.6 Å². The van der Waals surface area contributed by atoms with Crippen molar-refractivity contribution in [3.8, 4) is 5.75 Å². The fourth-order valence-corrected chi connectivity index (χ4v) is 4.64. The number of aliphatic hydroxyl groups excluding tert-OH is 1. The maximum absolute atomic E-state index is 11.4. The maximum Gasteiger partial charge on any atom is 0.211 e. The van der Waals surface area contributed by atoms with Crippen LogP contribution in [-0.2, 0) is 24.4 Å². The summed E-state index contributed by atoms with van der Waals surface area (Å²) in [6.07, 6.45) is 0.715. The Labute approximate surface area is 225 Å². The summed E-state index contributed by atoms with van der Waals surface area (Å²) >= 11 is 0. The van der Waals surface area contributed by atoms with Crippen LogP contribution in [0.1, 0.15) is 42.2 Å². The van der Waals surface area contributed by atoms with E-state index in [2.05, 4.69) is 60.5 Å². The molecule has 1 atom stereocenters. The second kappa shape index (κ2) is 13.0. The minimum absolute atomic E-state index is 0.221. The molecule has 0 heterocycles. The Hall–Kier alpha value is -3.93. The molecule has 0 saturated carbocycles. The molecule has 0 fully saturated rings. The van der Waals surface area contributed by atoms with E-state index in [1.54, 1.807) is 6.07 Å². The molecule has 0 bridgehead atoms. The molecule has 2 N–H and O–H groups in total. The van der Waals surface area contributed by atoms with Crippen LogP contribution in [0, 0.1) is 0 Å². The van der Waals surface area contributed by atoms with Gasteiger partial charge in [0.2, 0.25) is 6.41 Å². The van der Waals surface area contributed by atoms with E-state index in [4.69, 9.17) is 4.74 Å². The average molecular weight is 509 g/mol. The molecule has 5 heteroatoms. The quantitative estimate of drug-likeness (QED) is 0.205. The third-order valence-corrected chi connectivity index (χ3v) is 6.79. The van der Waals surface area contributed by atoms with Crippen LogP contribution in [-0.4, -0.2) is 28.5 Å². The van der Waals surface area contributed by atoms with Crippen LogP contribution in [0.4, 0.5) is 5.69 Å². The number of rotatable bonds is 13. The molecule has 196 valence electrons. The summed E-state index contributed by atoms with van der Waals surface area (Å²) in [6, 6.07) is 36.1. The average Bonchev–Trinajstić information content (AvgIpc) is 2.93. The van der Waals surface area contributed by atoms with Gasteiger partial charge in [-0.05, 0) is 54.7 Å². The van der Waals surface area contributed by atoms with Crippen molar-refractivity contribution in [1.29, 1.82) is 0 Å². The first-order chi connectivity index (χ1) is 18.4. The van der Waals surface area contributed by atoms with Gasteiger partial charge >= 0.3 is 0 Å². The Morgan fingerprint density at radius 3 is 2.03 bits per heavy atom. The van der Waals surface area contributed by atoms with Crippen molar-refractivity contribution in [2.75, 3.05) is 11.9 Å². The second-order valence-corrected chi connectivity index (χ2v) is 10.1. The molecule has 0 aliphatic carbocycles. The molecule has 1 unspecified atom stereocenters. The van der Waals surface area contributed by atoms with Gasteiger partial charge in [0, 0.05) is 18.6 Å². The molecular formula is C33H36N2O3. The third kappa shape index (κ3) is 7.54. The zero-order valence-electron chi connectivity index (χ0n) is 22.1. The number of ether oxygens (including phenoxy) is 1. The van der Waals surface area contributed by atoms with Crippen molar-refractivity contribution in [2.45, 2.75) is 45.1 Å². The van der Waals surface area contributed by atoms with Crippen LogP contribution in [0.3, 0.4) is 0 Å². The first-order valence-electron chi connectivity index (χ1n) is 13.0. The number of nitrogens with one attached hydrogen (secondary N) is 1. The van der Waals surface area contributed by atoms with E-state index >= 15 is 0 Å². The SMILES string of the molecule is CC(C)(Cc1ccccc1)N(Cc1ccccc1)CC(O)c1ccc(OCc2ccccc2)c(NC=O)c1. The summed E-state index contributed by atoms with van der Waals surface area (Å²) < 4.78 is 5.98. The zero-order chi connectivity index (χ0) is 26.8. The molecule has 4 aromatic carbocycles. The molecule has 5 nitrogen and oxygen atoms in total. The number of β-amino-alcohol motifs (C(OH)–C–C–N with tert-alkyl or cyclic N) is 1. The Morgan fingerprint density at radius 1 is 0.842 bits per heavy atom. The van der Waals surface area contributed by atoms with E-state index in [9.17, 15) is 9.90 Å². The standard InChI is InChI=1S/C33H36N2O3/c1-33(2,21-26-12-6-3-7-13-26)35(22-27-14-8-4-9-15-27)23-31(37)29-18-19-32(30(20-29)34-25-36)38-24-28-16-10-5-11-17-28/h3-20,25,31,37H,21-24H2,1-2H3,(H,34,36). The molecule has 0 spiro atoms. The number of hydrogen-bond acceptors (Lipinski definition) is 4. The van der Waals surface area contributed by atoms with Gasteiger partial charge in [0.25, 0.3) is 0 Å². The van der Waals surface area contributed by atoms with E-state index in [1.165, 1.54) is 11.1 Å². The molecule has 4 aromatic rings. The second-order valence-electron chi connectivity index (χ2n) is 10.1. The number of nitrogens with zero attached hydrogens (tertiary/aromatic N) is 1. The summed E-state index contributed by atoms with van der Waals surface area (Å²) in [5.74, 6) is 0.558. The predicted octanol–water partition coefficient (Wildman–Crippen LogP) is 6.39. The van der Waals surface area contributed by atoms with E-state index in [1.807, 2.05) is 66.7 Å². The van der Waals surface area contributed by atoms with Crippen LogP contribution in [0.25, 0.3) is 0 Å². The smallest absolute Gasteiger partial charge is 0.211 e. The largest absolute Gasteiger partial charge is 0.487 e. The highest BCUT2D eigenvalue weighted by atomic mass is 16.5. The van der Waals surface area contributed by atoms with Crippen molar-refractivity contribution in [3.05, 3.63) is 131 Å². The predicted molar refractivity (Wildman–Crippen MR) is 153 cm³/mol. The zero-order valence-corrected chi connectivity index (χ0v) is 22.1. The highest BCUT2D eigenvalue weighted by Crippen LogP contribution is 2.31. The van der Waals surface area contributed by atoms with Crippen molar-refractivity contribution in [2.24, 2.45) is 0 Å². The number of amides is 1. The Balaban J connectivity index is 1.54. The van der Waals surface area contributed by atoms with Crippen LogP contribution < -0.4 is 10.1 Å². The van der Waals surface area contributed by atoms with Crippen molar-refractivity contribution >= 4 is 12.1 Å². The molecular weight excluding hydrogens is 472 g/mol. The first-order valence-corrected chi connectivity index (χ1v) is 13.0. The maximum atomic E-state index is 11.4. The van der Waals surface area contributed by atoms with Crippen LogP contribution >= 0.6 is 0 Å². The minimum atomic E-state index is -0.760. The molecule has 1 amide bonds. The van der Waals surface area contributed by atoms with Gasteiger partial charge in [0.15, 0.2) is 0 Å². The number of aliphatic hydroxyl groups is 1. The Bertz CT molecular complexity index is 1280. The lowest BCUT2D eigenvalue weighted by Crippen LogP contribution is -2.47. The van der Waals surface area contributed by atoms with Gasteiger partial charge in [-0.25, -0.2) is 0 Å². The summed E-state index contributed by atoms with van der Waals surface area (Å²) in [5.41, 5.74) is 4.50. The number of hydrogen-bond donors (Lipinski definition) is 2.